The van der Waals surface area contributed by atoms with Gasteiger partial charge in [0.05, 0.1) is 19.2 Å². The number of alkyl halides is 6. The van der Waals surface area contributed by atoms with Gasteiger partial charge in [0.25, 0.3) is 0 Å². The Labute approximate surface area is 153 Å². The van der Waals surface area contributed by atoms with E-state index < -0.39 is 28.6 Å². The van der Waals surface area contributed by atoms with Crippen molar-refractivity contribution in [1.29, 1.82) is 0 Å². The lowest BCUT2D eigenvalue weighted by Crippen LogP contribution is -2.17. The summed E-state index contributed by atoms with van der Waals surface area (Å²) in [7, 11) is -6.48. The molecule has 0 atom stereocenters. The Morgan fingerprint density at radius 1 is 0.571 bits per heavy atom. The zero-order chi connectivity index (χ0) is 21.6. The van der Waals surface area contributed by atoms with Crippen LogP contribution in [-0.4, -0.2) is 20.0 Å². The van der Waals surface area contributed by atoms with Gasteiger partial charge in [-0.05, 0) is 48.5 Å². The van der Waals surface area contributed by atoms with Gasteiger partial charge in [-0.15, -0.1) is 26.3 Å². The highest BCUT2D eigenvalue weighted by Crippen LogP contribution is 2.24. The highest BCUT2D eigenvalue weighted by Gasteiger charge is 2.31. The fourth-order valence-corrected chi connectivity index (χ4v) is 2.88. The lowest BCUT2D eigenvalue weighted by Gasteiger charge is -2.08. The molecule has 0 N–H and O–H groups in total. The second kappa shape index (κ2) is 9.36. The molecule has 2 aromatic rings. The molecule has 2 aromatic carbocycles. The fraction of sp³-hybridized carbons (Fsp3) is 0.143. The van der Waals surface area contributed by atoms with Crippen molar-refractivity contribution in [2.75, 3.05) is 0 Å². The highest BCUT2D eigenvalue weighted by molar-refractivity contribution is 7.55. The number of hydrogen-bond acceptors (Lipinski definition) is 2. The van der Waals surface area contributed by atoms with Crippen LogP contribution in [0.5, 0.6) is 11.5 Å². The molecule has 0 aliphatic carbocycles. The number of ether oxygens (including phenoxy) is 2. The molecule has 0 bridgehead atoms. The Balaban J connectivity index is 0.000000696. The molecule has 0 saturated heterocycles. The minimum Gasteiger partial charge on any atom is -0.418 e. The summed E-state index contributed by atoms with van der Waals surface area (Å²) in [6.07, 6.45) is -9.49. The molecule has 156 valence electrons. The molecule has 0 spiro atoms. The van der Waals surface area contributed by atoms with Crippen LogP contribution in [0.25, 0.3) is 0 Å². The van der Waals surface area contributed by atoms with Crippen LogP contribution in [-0.2, 0) is 0 Å². The monoisotopic (exact) mass is 442 g/mol. The van der Waals surface area contributed by atoms with Crippen LogP contribution in [0.2, 0.25) is 0 Å². The molecule has 0 saturated carbocycles. The Hall–Kier alpha value is -2.17. The molecule has 0 amide bonds. The molecule has 28 heavy (non-hydrogen) atoms. The third-order valence-corrected chi connectivity index (χ3v) is 4.00. The Morgan fingerprint density at radius 3 is 1.04 bits per heavy atom. The fourth-order valence-electron chi connectivity index (χ4n) is 1.72. The van der Waals surface area contributed by atoms with E-state index >= 15 is 0 Å². The SMILES string of the molecule is FC(F)(F)Oc1ccc([PH2+]c2ccc(OC(F)(F)F)cc2)cc1.F[B-](F)(F)F. The van der Waals surface area contributed by atoms with Gasteiger partial charge in [0, 0.05) is 0 Å². The lowest BCUT2D eigenvalue weighted by molar-refractivity contribution is -0.275. The van der Waals surface area contributed by atoms with Gasteiger partial charge in [-0.1, -0.05) is 0 Å². The van der Waals surface area contributed by atoms with E-state index in [2.05, 4.69) is 9.47 Å². The van der Waals surface area contributed by atoms with Crippen LogP contribution < -0.4 is 20.1 Å². The summed E-state index contributed by atoms with van der Waals surface area (Å²) in [5.41, 5.74) is 0. The quantitative estimate of drug-likeness (QED) is 0.371. The maximum absolute atomic E-state index is 12.0. The second-order valence-corrected chi connectivity index (χ2v) is 6.49. The molecular formula is C14H10BF10O2P. The number of benzene rings is 2. The second-order valence-electron chi connectivity index (χ2n) is 4.87. The molecule has 0 unspecified atom stereocenters. The van der Waals surface area contributed by atoms with Crippen molar-refractivity contribution in [1.82, 2.24) is 0 Å². The average Bonchev–Trinajstić information content (AvgIpc) is 2.47. The molecule has 2 nitrogen and oxygen atoms in total. The van der Waals surface area contributed by atoms with E-state index in [9.17, 15) is 43.6 Å². The first-order valence-corrected chi connectivity index (χ1v) is 8.20. The van der Waals surface area contributed by atoms with E-state index in [0.29, 0.717) is 0 Å². The summed E-state index contributed by atoms with van der Waals surface area (Å²) >= 11 is 0. The largest absolute Gasteiger partial charge is 0.673 e. The first kappa shape index (κ1) is 23.9. The van der Waals surface area contributed by atoms with Crippen LogP contribution in [0.4, 0.5) is 43.6 Å². The summed E-state index contributed by atoms with van der Waals surface area (Å²) in [5.74, 6) is -0.649. The minimum absolute atomic E-state index is 0.324. The van der Waals surface area contributed by atoms with Crippen molar-refractivity contribution in [3.8, 4) is 11.5 Å². The predicted octanol–water partition coefficient (Wildman–Crippen LogP) is 5.15. The maximum Gasteiger partial charge on any atom is 0.673 e. The Morgan fingerprint density at radius 2 is 0.821 bits per heavy atom. The van der Waals surface area contributed by atoms with Crippen LogP contribution in [0.3, 0.4) is 0 Å². The lowest BCUT2D eigenvalue weighted by atomic mass is 10.3. The van der Waals surface area contributed by atoms with Gasteiger partial charge in [-0.3, -0.25) is 0 Å². The summed E-state index contributed by atoms with van der Waals surface area (Å²) in [4.78, 5) is 0. The summed E-state index contributed by atoms with van der Waals surface area (Å²) in [6.45, 7) is 0. The van der Waals surface area contributed by atoms with Crippen molar-refractivity contribution in [2.45, 2.75) is 12.7 Å². The number of hydrogen-bond donors (Lipinski definition) is 0. The highest BCUT2D eigenvalue weighted by atomic mass is 31.1. The topological polar surface area (TPSA) is 18.5 Å². The molecular weight excluding hydrogens is 432 g/mol. The zero-order valence-corrected chi connectivity index (χ0v) is 14.5. The molecule has 2 rings (SSSR count). The standard InChI is InChI=1S/C14H9F6O2P.BF4/c15-13(16,17)21-9-1-5-11(6-2-9)23-12-7-3-10(4-8-12)22-14(18,19)20;2-1(3,4)5/h1-8,23H;/q;-1/p+1. The van der Waals surface area contributed by atoms with E-state index in [1.807, 2.05) is 0 Å². The molecule has 0 aliphatic heterocycles. The van der Waals surface area contributed by atoms with Crippen LogP contribution in [0.1, 0.15) is 0 Å². The number of rotatable bonds is 4. The van der Waals surface area contributed by atoms with Crippen molar-refractivity contribution < 1.29 is 53.1 Å². The molecule has 0 fully saturated rings. The molecule has 14 heteroatoms. The van der Waals surface area contributed by atoms with Gasteiger partial charge in [0.2, 0.25) is 0 Å². The van der Waals surface area contributed by atoms with Gasteiger partial charge >= 0.3 is 20.0 Å². The van der Waals surface area contributed by atoms with Gasteiger partial charge < -0.3 is 26.7 Å². The van der Waals surface area contributed by atoms with Gasteiger partial charge in [-0.25, -0.2) is 0 Å². The summed E-state index contributed by atoms with van der Waals surface area (Å²) < 4.78 is 119. The average molecular weight is 442 g/mol. The summed E-state index contributed by atoms with van der Waals surface area (Å²) in [5, 5.41) is 1.54. The molecule has 0 heterocycles. The first-order valence-electron chi connectivity index (χ1n) is 7.04. The van der Waals surface area contributed by atoms with Crippen molar-refractivity contribution in [2.24, 2.45) is 0 Å². The van der Waals surface area contributed by atoms with E-state index in [1.165, 1.54) is 48.5 Å². The van der Waals surface area contributed by atoms with Crippen LogP contribution in [0.15, 0.2) is 48.5 Å². The smallest absolute Gasteiger partial charge is 0.418 e. The van der Waals surface area contributed by atoms with Crippen molar-refractivity contribution in [3.63, 3.8) is 0 Å². The Kier molecular flexibility index (Phi) is 7.98. The van der Waals surface area contributed by atoms with Gasteiger partial charge in [0.15, 0.2) is 0 Å². The number of halogens is 10. The minimum atomic E-state index is -6.00. The van der Waals surface area contributed by atoms with Gasteiger partial charge in [0.1, 0.15) is 11.5 Å². The third-order valence-electron chi connectivity index (χ3n) is 2.56. The third kappa shape index (κ3) is 12.3. The van der Waals surface area contributed by atoms with E-state index in [4.69, 9.17) is 0 Å². The Bertz CT molecular complexity index is 663. The van der Waals surface area contributed by atoms with Crippen molar-refractivity contribution >= 4 is 26.4 Å². The zero-order valence-electron chi connectivity index (χ0n) is 13.4. The molecule has 0 aliphatic rings. The van der Waals surface area contributed by atoms with E-state index in [1.54, 1.807) is 0 Å². The van der Waals surface area contributed by atoms with E-state index in [0.717, 1.165) is 10.6 Å². The van der Waals surface area contributed by atoms with E-state index in [-0.39, 0.29) is 11.5 Å². The predicted molar refractivity (Wildman–Crippen MR) is 85.4 cm³/mol. The first-order chi connectivity index (χ1) is 12.6. The summed E-state index contributed by atoms with van der Waals surface area (Å²) in [6, 6.07) is 10.7. The molecule has 0 radical (unpaired) electrons. The maximum atomic E-state index is 12.0. The van der Waals surface area contributed by atoms with Gasteiger partial charge in [-0.2, -0.15) is 0 Å². The normalized spacial score (nSPS) is 12.1. The van der Waals surface area contributed by atoms with Crippen molar-refractivity contribution in [3.05, 3.63) is 48.5 Å². The van der Waals surface area contributed by atoms with Crippen LogP contribution in [0, 0.1) is 0 Å². The van der Waals surface area contributed by atoms with Crippen LogP contribution >= 0.6 is 8.58 Å². The molecule has 0 aromatic heterocycles.